The Labute approximate surface area is 222 Å². The molecule has 5 nitrogen and oxygen atoms in total. The van der Waals surface area contributed by atoms with Crippen molar-refractivity contribution in [1.82, 2.24) is 0 Å². The molecule has 1 aliphatic heterocycles. The van der Waals surface area contributed by atoms with Crippen molar-refractivity contribution in [3.63, 3.8) is 0 Å². The number of phenols is 2. The predicted octanol–water partition coefficient (Wildman–Crippen LogP) is 8.54. The van der Waals surface area contributed by atoms with E-state index >= 15 is 0 Å². The lowest BCUT2D eigenvalue weighted by Crippen LogP contribution is -2.24. The molecular formula is C32H46O5. The fourth-order valence-electron chi connectivity index (χ4n) is 5.72. The van der Waals surface area contributed by atoms with Gasteiger partial charge in [0.25, 0.3) is 0 Å². The molecule has 37 heavy (non-hydrogen) atoms. The number of hydrogen-bond acceptors (Lipinski definition) is 4. The topological polar surface area (TPSA) is 87.0 Å². The molecule has 3 N–H and O–H groups in total. The molecule has 204 valence electrons. The van der Waals surface area contributed by atoms with Crippen LogP contribution in [0.25, 0.3) is 0 Å². The Kier molecular flexibility index (Phi) is 12.1. The summed E-state index contributed by atoms with van der Waals surface area (Å²) in [6, 6.07) is 12.9. The van der Waals surface area contributed by atoms with Crippen molar-refractivity contribution in [2.45, 2.75) is 109 Å². The van der Waals surface area contributed by atoms with Crippen LogP contribution in [0.4, 0.5) is 0 Å². The van der Waals surface area contributed by atoms with Crippen LogP contribution in [0.3, 0.4) is 0 Å². The van der Waals surface area contributed by atoms with Crippen LogP contribution in [0.5, 0.6) is 17.2 Å². The number of carboxylic acids is 1. The molecule has 0 saturated carbocycles. The number of ether oxygens (including phenoxy) is 1. The maximum absolute atomic E-state index is 11.6. The molecule has 3 rings (SSSR count). The van der Waals surface area contributed by atoms with E-state index in [-0.39, 0.29) is 23.3 Å². The van der Waals surface area contributed by atoms with Gasteiger partial charge in [0, 0.05) is 12.0 Å². The molecule has 0 amide bonds. The zero-order chi connectivity index (χ0) is 26.5. The van der Waals surface area contributed by atoms with Crippen LogP contribution in [0.1, 0.15) is 120 Å². The number of carbonyl (C=O) groups is 1. The second kappa shape index (κ2) is 15.5. The van der Waals surface area contributed by atoms with Crippen molar-refractivity contribution in [3.8, 4) is 17.2 Å². The number of aliphatic carboxylic acids is 1. The molecule has 2 aromatic carbocycles. The number of fused-ring (bicyclic) bond motifs is 1. The Bertz CT molecular complexity index is 939. The number of aromatic hydroxyl groups is 2. The first-order valence-electron chi connectivity index (χ1n) is 14.5. The summed E-state index contributed by atoms with van der Waals surface area (Å²) < 4.78 is 6.02. The molecule has 3 unspecified atom stereocenters. The Morgan fingerprint density at radius 1 is 0.838 bits per heavy atom. The largest absolute Gasteiger partial charge is 0.508 e. The molecular weight excluding hydrogens is 464 g/mol. The van der Waals surface area contributed by atoms with E-state index < -0.39 is 5.97 Å². The van der Waals surface area contributed by atoms with Gasteiger partial charge in [-0.3, -0.25) is 4.79 Å². The minimum absolute atomic E-state index is 0.175. The van der Waals surface area contributed by atoms with Gasteiger partial charge in [-0.1, -0.05) is 95.8 Å². The normalized spacial score (nSPS) is 17.6. The molecule has 0 aliphatic carbocycles. The minimum atomic E-state index is -0.622. The zero-order valence-corrected chi connectivity index (χ0v) is 22.5. The number of carboxylic acid groups (broad SMARTS) is 1. The zero-order valence-electron chi connectivity index (χ0n) is 22.5. The summed E-state index contributed by atoms with van der Waals surface area (Å²) in [4.78, 5) is 11.6. The van der Waals surface area contributed by atoms with Crippen LogP contribution < -0.4 is 4.74 Å². The average Bonchev–Trinajstić information content (AvgIpc) is 2.89. The number of rotatable bonds is 17. The summed E-state index contributed by atoms with van der Waals surface area (Å²) in [6.07, 6.45) is 15.3. The summed E-state index contributed by atoms with van der Waals surface area (Å²) in [5.74, 6) is 0.995. The molecule has 2 aromatic rings. The van der Waals surface area contributed by atoms with E-state index in [0.29, 0.717) is 12.5 Å². The first-order valence-corrected chi connectivity index (χ1v) is 14.5. The lowest BCUT2D eigenvalue weighted by Gasteiger charge is -2.34. The van der Waals surface area contributed by atoms with E-state index in [4.69, 9.17) is 4.74 Å². The SMILES string of the molecule is CCCCCCCC(CCCCCCCCC1c2ccc(O)cc2OCC1c1ccc(O)cc1)C(=O)O. The number of hydrogen-bond donors (Lipinski definition) is 3. The van der Waals surface area contributed by atoms with E-state index in [2.05, 4.69) is 6.92 Å². The van der Waals surface area contributed by atoms with Crippen molar-refractivity contribution < 1.29 is 24.9 Å². The molecule has 1 heterocycles. The highest BCUT2D eigenvalue weighted by Gasteiger charge is 2.32. The molecule has 5 heteroatoms. The number of phenolic OH excluding ortho intramolecular Hbond substituents is 2. The first kappa shape index (κ1) is 28.9. The molecule has 1 aliphatic rings. The van der Waals surface area contributed by atoms with Crippen molar-refractivity contribution in [1.29, 1.82) is 0 Å². The van der Waals surface area contributed by atoms with E-state index in [0.717, 1.165) is 75.5 Å². The molecule has 0 saturated heterocycles. The fraction of sp³-hybridized carbons (Fsp3) is 0.594. The quantitative estimate of drug-likeness (QED) is 0.186. The summed E-state index contributed by atoms with van der Waals surface area (Å²) in [5, 5.41) is 29.1. The van der Waals surface area contributed by atoms with Gasteiger partial charge < -0.3 is 20.1 Å². The lowest BCUT2D eigenvalue weighted by atomic mass is 9.77. The summed E-state index contributed by atoms with van der Waals surface area (Å²) in [6.45, 7) is 2.76. The van der Waals surface area contributed by atoms with Gasteiger partial charge in [0.1, 0.15) is 17.2 Å². The van der Waals surface area contributed by atoms with E-state index in [9.17, 15) is 20.1 Å². The molecule has 0 aromatic heterocycles. The first-order chi connectivity index (χ1) is 18.0. The number of benzene rings is 2. The highest BCUT2D eigenvalue weighted by molar-refractivity contribution is 5.69. The van der Waals surface area contributed by atoms with Crippen LogP contribution in [-0.2, 0) is 4.79 Å². The summed E-state index contributed by atoms with van der Waals surface area (Å²) in [7, 11) is 0. The van der Waals surface area contributed by atoms with Crippen molar-refractivity contribution in [2.75, 3.05) is 6.61 Å². The van der Waals surface area contributed by atoms with Gasteiger partial charge in [0.15, 0.2) is 0 Å². The molecule has 0 bridgehead atoms. The van der Waals surface area contributed by atoms with Gasteiger partial charge in [-0.15, -0.1) is 0 Å². The standard InChI is InChI=1S/C32H46O5/c1-2-3-4-7-10-13-25(32(35)36)14-11-8-5-6-9-12-15-28-29-21-20-27(34)22-31(29)37-23-30(28)24-16-18-26(33)19-17-24/h16-22,25,28,30,33-34H,2-15,23H2,1H3,(H,35,36). The minimum Gasteiger partial charge on any atom is -0.508 e. The molecule has 0 radical (unpaired) electrons. The third-order valence-electron chi connectivity index (χ3n) is 7.95. The van der Waals surface area contributed by atoms with Crippen LogP contribution >= 0.6 is 0 Å². The van der Waals surface area contributed by atoms with Gasteiger partial charge in [-0.25, -0.2) is 0 Å². The van der Waals surface area contributed by atoms with Crippen LogP contribution in [0, 0.1) is 5.92 Å². The van der Waals surface area contributed by atoms with Crippen LogP contribution in [0.2, 0.25) is 0 Å². The molecule has 3 atom stereocenters. The van der Waals surface area contributed by atoms with E-state index in [1.165, 1.54) is 31.2 Å². The van der Waals surface area contributed by atoms with Gasteiger partial charge in [0.05, 0.1) is 12.5 Å². The smallest absolute Gasteiger partial charge is 0.306 e. The van der Waals surface area contributed by atoms with Crippen LogP contribution in [0.15, 0.2) is 42.5 Å². The predicted molar refractivity (Wildman–Crippen MR) is 149 cm³/mol. The third kappa shape index (κ3) is 9.28. The Morgan fingerprint density at radius 3 is 2.08 bits per heavy atom. The Hall–Kier alpha value is -2.69. The van der Waals surface area contributed by atoms with Gasteiger partial charge in [-0.05, 0) is 54.5 Å². The van der Waals surface area contributed by atoms with Crippen molar-refractivity contribution >= 4 is 5.97 Å². The van der Waals surface area contributed by atoms with Gasteiger partial charge in [-0.2, -0.15) is 0 Å². The molecule has 0 spiro atoms. The highest BCUT2D eigenvalue weighted by Crippen LogP contribution is 2.46. The maximum Gasteiger partial charge on any atom is 0.306 e. The van der Waals surface area contributed by atoms with Crippen LogP contribution in [-0.4, -0.2) is 27.9 Å². The van der Waals surface area contributed by atoms with E-state index in [1.54, 1.807) is 24.3 Å². The van der Waals surface area contributed by atoms with Crippen molar-refractivity contribution in [2.24, 2.45) is 5.92 Å². The average molecular weight is 511 g/mol. The van der Waals surface area contributed by atoms with Gasteiger partial charge in [0.2, 0.25) is 0 Å². The maximum atomic E-state index is 11.6. The Morgan fingerprint density at radius 2 is 1.43 bits per heavy atom. The monoisotopic (exact) mass is 510 g/mol. The highest BCUT2D eigenvalue weighted by atomic mass is 16.5. The van der Waals surface area contributed by atoms with E-state index in [1.807, 2.05) is 18.2 Å². The Balaban J connectivity index is 1.41. The molecule has 0 fully saturated rings. The summed E-state index contributed by atoms with van der Waals surface area (Å²) in [5.41, 5.74) is 2.32. The second-order valence-electron chi connectivity index (χ2n) is 10.8. The van der Waals surface area contributed by atoms with Gasteiger partial charge >= 0.3 is 5.97 Å². The second-order valence-corrected chi connectivity index (χ2v) is 10.8. The fourth-order valence-corrected chi connectivity index (χ4v) is 5.72. The van der Waals surface area contributed by atoms with Crippen molar-refractivity contribution in [3.05, 3.63) is 53.6 Å². The summed E-state index contributed by atoms with van der Waals surface area (Å²) >= 11 is 0. The number of unbranched alkanes of at least 4 members (excludes halogenated alkanes) is 9. The third-order valence-corrected chi connectivity index (χ3v) is 7.95. The lowest BCUT2D eigenvalue weighted by molar-refractivity contribution is -0.142.